The lowest BCUT2D eigenvalue weighted by molar-refractivity contribution is -0.192. The van der Waals surface area contributed by atoms with E-state index in [1.54, 1.807) is 7.11 Å². The Balaban J connectivity index is 0.000000321. The van der Waals surface area contributed by atoms with E-state index >= 15 is 0 Å². The van der Waals surface area contributed by atoms with Crippen LogP contribution in [0.15, 0.2) is 0 Å². The van der Waals surface area contributed by atoms with Gasteiger partial charge in [-0.05, 0) is 45.6 Å². The minimum atomic E-state index is -5.08. The molecule has 9 heteroatoms. The summed E-state index contributed by atoms with van der Waals surface area (Å²) in [6.07, 6.45) is 3.19. The number of likely N-dealkylation sites (tertiary alicyclic amines) is 2. The van der Waals surface area contributed by atoms with Crippen molar-refractivity contribution in [3.8, 4) is 0 Å². The number of methoxy groups -OCH3 is 1. The van der Waals surface area contributed by atoms with Gasteiger partial charge >= 0.3 is 12.1 Å². The number of hydrogen-bond acceptors (Lipinski definition) is 4. The summed E-state index contributed by atoms with van der Waals surface area (Å²) in [6, 6.07) is 0.564. The molecule has 2 saturated heterocycles. The second-order valence-corrected chi connectivity index (χ2v) is 7.74. The van der Waals surface area contributed by atoms with Crippen molar-refractivity contribution >= 4 is 11.9 Å². The van der Waals surface area contributed by atoms with Gasteiger partial charge in [-0.1, -0.05) is 6.42 Å². The average Bonchev–Trinajstić information content (AvgIpc) is 2.84. The molecule has 3 fully saturated rings. The molecule has 3 aliphatic rings. The molecule has 0 bridgehead atoms. The molecule has 1 spiro atoms. The Labute approximate surface area is 157 Å². The number of rotatable bonds is 3. The summed E-state index contributed by atoms with van der Waals surface area (Å²) in [4.78, 5) is 25.9. The van der Waals surface area contributed by atoms with E-state index in [0.717, 1.165) is 45.4 Å². The zero-order valence-electron chi connectivity index (χ0n) is 15.9. The number of nitrogens with zero attached hydrogens (tertiary/aromatic N) is 2. The van der Waals surface area contributed by atoms with E-state index in [0.29, 0.717) is 23.4 Å². The van der Waals surface area contributed by atoms with E-state index in [4.69, 9.17) is 14.6 Å². The fraction of sp³-hybridized carbons (Fsp3) is 0.889. The first-order valence-corrected chi connectivity index (χ1v) is 9.41. The summed E-state index contributed by atoms with van der Waals surface area (Å²) in [5.41, 5.74) is 0.333. The number of likely N-dealkylation sites (N-methyl/N-ethyl adjacent to an activating group) is 1. The maximum Gasteiger partial charge on any atom is 0.490 e. The second kappa shape index (κ2) is 8.77. The summed E-state index contributed by atoms with van der Waals surface area (Å²) < 4.78 is 37.1. The standard InChI is InChI=1S/C16H28N2O2.C2HF3O2/c1-17-14(12-20-2)6-7-16(17)8-10-18(11-9-16)15(19)13-4-3-5-13;3-2(4,5)1(6)7/h13-14H,3-12H2,1-2H3;(H,6,7). The minimum absolute atomic E-state index is 0.333. The molecule has 3 rings (SSSR count). The van der Waals surface area contributed by atoms with Crippen molar-refractivity contribution in [2.24, 2.45) is 5.92 Å². The molecule has 6 nitrogen and oxygen atoms in total. The highest BCUT2D eigenvalue weighted by atomic mass is 19.4. The number of amides is 1. The molecule has 0 aromatic rings. The van der Waals surface area contributed by atoms with Crippen LogP contribution in [-0.2, 0) is 14.3 Å². The molecule has 1 saturated carbocycles. The van der Waals surface area contributed by atoms with Crippen molar-refractivity contribution in [1.29, 1.82) is 0 Å². The lowest BCUT2D eigenvalue weighted by atomic mass is 9.81. The maximum absolute atomic E-state index is 12.3. The first-order valence-electron chi connectivity index (χ1n) is 9.41. The summed E-state index contributed by atoms with van der Waals surface area (Å²) in [6.45, 7) is 2.75. The Morgan fingerprint density at radius 2 is 1.70 bits per heavy atom. The third-order valence-corrected chi connectivity index (χ3v) is 6.30. The third-order valence-electron chi connectivity index (χ3n) is 6.30. The van der Waals surface area contributed by atoms with Crippen molar-refractivity contribution in [2.75, 3.05) is 33.9 Å². The molecule has 1 aliphatic carbocycles. The lowest BCUT2D eigenvalue weighted by Crippen LogP contribution is -2.55. The zero-order valence-corrected chi connectivity index (χ0v) is 15.9. The van der Waals surface area contributed by atoms with Crippen LogP contribution in [0.5, 0.6) is 0 Å². The van der Waals surface area contributed by atoms with E-state index in [2.05, 4.69) is 16.8 Å². The van der Waals surface area contributed by atoms with Gasteiger partial charge in [-0.2, -0.15) is 13.2 Å². The number of ether oxygens (including phenoxy) is 1. The van der Waals surface area contributed by atoms with Crippen LogP contribution in [-0.4, -0.2) is 78.4 Å². The molecular formula is C18H29F3N2O4. The number of carboxylic acid groups (broad SMARTS) is 1. The van der Waals surface area contributed by atoms with E-state index in [-0.39, 0.29) is 0 Å². The topological polar surface area (TPSA) is 70.1 Å². The predicted octanol–water partition coefficient (Wildman–Crippen LogP) is 2.52. The van der Waals surface area contributed by atoms with Gasteiger partial charge in [0, 0.05) is 37.7 Å². The number of hydrogen-bond donors (Lipinski definition) is 1. The molecule has 1 N–H and O–H groups in total. The van der Waals surface area contributed by atoms with Gasteiger partial charge in [-0.3, -0.25) is 9.69 Å². The van der Waals surface area contributed by atoms with Crippen LogP contribution in [0.2, 0.25) is 0 Å². The first-order chi connectivity index (χ1) is 12.6. The molecule has 0 radical (unpaired) electrons. The van der Waals surface area contributed by atoms with E-state index in [1.165, 1.54) is 19.3 Å². The molecule has 0 aromatic carbocycles. The number of carbonyl (C=O) groups is 2. The van der Waals surface area contributed by atoms with Crippen LogP contribution in [0.1, 0.15) is 44.9 Å². The quantitative estimate of drug-likeness (QED) is 0.797. The maximum atomic E-state index is 12.3. The Morgan fingerprint density at radius 3 is 2.11 bits per heavy atom. The SMILES string of the molecule is COCC1CCC2(CCN(C(=O)C3CCC3)CC2)N1C.O=C(O)C(F)(F)F. The highest BCUT2D eigenvalue weighted by Gasteiger charge is 2.46. The number of alkyl halides is 3. The third kappa shape index (κ3) is 5.13. The summed E-state index contributed by atoms with van der Waals surface area (Å²) >= 11 is 0. The number of carbonyl (C=O) groups excluding carboxylic acids is 1. The second-order valence-electron chi connectivity index (χ2n) is 7.74. The van der Waals surface area contributed by atoms with Crippen molar-refractivity contribution in [3.05, 3.63) is 0 Å². The van der Waals surface area contributed by atoms with Gasteiger partial charge in [-0.25, -0.2) is 4.79 Å². The van der Waals surface area contributed by atoms with Crippen LogP contribution in [0.4, 0.5) is 13.2 Å². The van der Waals surface area contributed by atoms with Gasteiger partial charge in [0.25, 0.3) is 0 Å². The van der Waals surface area contributed by atoms with Gasteiger partial charge < -0.3 is 14.7 Å². The number of aliphatic carboxylic acids is 1. The summed E-state index contributed by atoms with van der Waals surface area (Å²) in [5.74, 6) is -1.97. The Bertz CT molecular complexity index is 529. The first kappa shape index (κ1) is 21.9. The summed E-state index contributed by atoms with van der Waals surface area (Å²) in [7, 11) is 4.04. The van der Waals surface area contributed by atoms with Crippen LogP contribution in [0, 0.1) is 5.92 Å². The van der Waals surface area contributed by atoms with Crippen LogP contribution in [0.3, 0.4) is 0 Å². The molecular weight excluding hydrogens is 365 g/mol. The van der Waals surface area contributed by atoms with E-state index in [9.17, 15) is 18.0 Å². The van der Waals surface area contributed by atoms with Crippen LogP contribution < -0.4 is 0 Å². The van der Waals surface area contributed by atoms with E-state index in [1.807, 2.05) is 0 Å². The van der Waals surface area contributed by atoms with Gasteiger partial charge in [0.15, 0.2) is 0 Å². The van der Waals surface area contributed by atoms with Crippen molar-refractivity contribution < 1.29 is 32.6 Å². The van der Waals surface area contributed by atoms with Gasteiger partial charge in [0.1, 0.15) is 0 Å². The Hall–Kier alpha value is -1.35. The van der Waals surface area contributed by atoms with Crippen molar-refractivity contribution in [3.63, 3.8) is 0 Å². The number of carboxylic acids is 1. The van der Waals surface area contributed by atoms with Gasteiger partial charge in [0.2, 0.25) is 5.91 Å². The fourth-order valence-corrected chi connectivity index (χ4v) is 4.24. The van der Waals surface area contributed by atoms with Gasteiger partial charge in [-0.15, -0.1) is 0 Å². The molecule has 0 aromatic heterocycles. The van der Waals surface area contributed by atoms with Crippen molar-refractivity contribution in [2.45, 2.75) is 62.7 Å². The molecule has 27 heavy (non-hydrogen) atoms. The lowest BCUT2D eigenvalue weighted by Gasteiger charge is -2.46. The fourth-order valence-electron chi connectivity index (χ4n) is 4.24. The van der Waals surface area contributed by atoms with Crippen LogP contribution >= 0.6 is 0 Å². The van der Waals surface area contributed by atoms with Crippen molar-refractivity contribution in [1.82, 2.24) is 9.80 Å². The Morgan fingerprint density at radius 1 is 1.15 bits per heavy atom. The predicted molar refractivity (Wildman–Crippen MR) is 92.2 cm³/mol. The number of piperidine rings is 1. The summed E-state index contributed by atoms with van der Waals surface area (Å²) in [5, 5.41) is 7.12. The smallest absolute Gasteiger partial charge is 0.475 e. The normalized spacial score (nSPS) is 25.7. The monoisotopic (exact) mass is 394 g/mol. The molecule has 1 unspecified atom stereocenters. The molecule has 2 heterocycles. The molecule has 1 atom stereocenters. The van der Waals surface area contributed by atoms with Gasteiger partial charge in [0.05, 0.1) is 6.61 Å². The minimum Gasteiger partial charge on any atom is -0.475 e. The highest BCUT2D eigenvalue weighted by molar-refractivity contribution is 5.79. The highest BCUT2D eigenvalue weighted by Crippen LogP contribution is 2.41. The van der Waals surface area contributed by atoms with E-state index < -0.39 is 12.1 Å². The largest absolute Gasteiger partial charge is 0.490 e. The molecule has 1 amide bonds. The van der Waals surface area contributed by atoms with Crippen LogP contribution in [0.25, 0.3) is 0 Å². The molecule has 156 valence electrons. The molecule has 2 aliphatic heterocycles. The average molecular weight is 394 g/mol. The number of halogens is 3. The zero-order chi connectivity index (χ0) is 20.2. The Kier molecular flexibility index (Phi) is 7.13.